The van der Waals surface area contributed by atoms with E-state index in [2.05, 4.69) is 5.32 Å². The van der Waals surface area contributed by atoms with Crippen LogP contribution >= 0.6 is 35.4 Å². The van der Waals surface area contributed by atoms with Gasteiger partial charge in [-0.05, 0) is 36.8 Å². The summed E-state index contributed by atoms with van der Waals surface area (Å²) in [7, 11) is 1.94. The van der Waals surface area contributed by atoms with Crippen molar-refractivity contribution >= 4 is 40.5 Å². The fraction of sp³-hybridized carbons (Fsp3) is 0.364. The zero-order chi connectivity index (χ0) is 12.1. The van der Waals surface area contributed by atoms with Gasteiger partial charge in [-0.25, -0.2) is 0 Å². The van der Waals surface area contributed by atoms with E-state index in [4.69, 9.17) is 35.4 Å². The molecule has 2 nitrogen and oxygen atoms in total. The van der Waals surface area contributed by atoms with Crippen molar-refractivity contribution in [2.24, 2.45) is 0 Å². The number of hydrogen-bond acceptors (Lipinski definition) is 1. The molecule has 0 atom stereocenters. The summed E-state index contributed by atoms with van der Waals surface area (Å²) in [6.07, 6.45) is 0. The molecule has 1 N–H and O–H groups in total. The lowest BCUT2D eigenvalue weighted by Gasteiger charge is -2.20. The van der Waals surface area contributed by atoms with E-state index >= 15 is 0 Å². The van der Waals surface area contributed by atoms with Gasteiger partial charge in [-0.1, -0.05) is 29.3 Å². The van der Waals surface area contributed by atoms with Crippen LogP contribution in [0, 0.1) is 0 Å². The Morgan fingerprint density at radius 2 is 2.06 bits per heavy atom. The third-order valence-corrected chi connectivity index (χ3v) is 3.27. The summed E-state index contributed by atoms with van der Waals surface area (Å²) in [5.41, 5.74) is 1.08. The summed E-state index contributed by atoms with van der Waals surface area (Å²) in [6, 6.07) is 5.59. The minimum atomic E-state index is 0.571. The van der Waals surface area contributed by atoms with Gasteiger partial charge in [0.25, 0.3) is 0 Å². The molecule has 0 radical (unpaired) electrons. The van der Waals surface area contributed by atoms with Crippen molar-refractivity contribution in [3.63, 3.8) is 0 Å². The van der Waals surface area contributed by atoms with Crippen molar-refractivity contribution < 1.29 is 0 Å². The maximum Gasteiger partial charge on any atom is 0.168 e. The van der Waals surface area contributed by atoms with E-state index in [1.807, 2.05) is 31.0 Å². The summed E-state index contributed by atoms with van der Waals surface area (Å²) >= 11 is 17.0. The molecule has 1 rings (SSSR count). The Morgan fingerprint density at radius 3 is 2.62 bits per heavy atom. The highest BCUT2D eigenvalue weighted by molar-refractivity contribution is 7.80. The van der Waals surface area contributed by atoms with Gasteiger partial charge in [0.05, 0.1) is 10.0 Å². The van der Waals surface area contributed by atoms with Gasteiger partial charge in [0, 0.05) is 20.1 Å². The molecule has 0 aliphatic heterocycles. The maximum absolute atomic E-state index is 5.94. The van der Waals surface area contributed by atoms with Crippen molar-refractivity contribution in [2.75, 3.05) is 13.6 Å². The van der Waals surface area contributed by atoms with Gasteiger partial charge in [0.15, 0.2) is 5.11 Å². The van der Waals surface area contributed by atoms with E-state index in [0.29, 0.717) is 16.6 Å². The summed E-state index contributed by atoms with van der Waals surface area (Å²) in [5.74, 6) is 0. The summed E-state index contributed by atoms with van der Waals surface area (Å²) in [5, 5.41) is 4.96. The second-order valence-electron chi connectivity index (χ2n) is 3.44. The fourth-order valence-electron chi connectivity index (χ4n) is 1.27. The fourth-order valence-corrected chi connectivity index (χ4v) is 1.80. The Morgan fingerprint density at radius 1 is 1.38 bits per heavy atom. The molecular formula is C11H14Cl2N2S. The van der Waals surface area contributed by atoms with E-state index < -0.39 is 0 Å². The molecule has 5 heteroatoms. The highest BCUT2D eigenvalue weighted by Gasteiger charge is 2.05. The van der Waals surface area contributed by atoms with Crippen LogP contribution in [-0.2, 0) is 6.54 Å². The quantitative estimate of drug-likeness (QED) is 0.853. The zero-order valence-corrected chi connectivity index (χ0v) is 11.6. The van der Waals surface area contributed by atoms with Crippen LogP contribution in [0.1, 0.15) is 12.5 Å². The molecule has 16 heavy (non-hydrogen) atoms. The molecular weight excluding hydrogens is 263 g/mol. The van der Waals surface area contributed by atoms with Crippen LogP contribution in [0.25, 0.3) is 0 Å². The number of rotatable bonds is 3. The molecule has 0 amide bonds. The first-order chi connectivity index (χ1) is 7.54. The van der Waals surface area contributed by atoms with Gasteiger partial charge < -0.3 is 10.2 Å². The molecule has 0 aliphatic carbocycles. The van der Waals surface area contributed by atoms with Crippen LogP contribution in [0.3, 0.4) is 0 Å². The Kier molecular flexibility index (Phi) is 5.32. The first kappa shape index (κ1) is 13.6. The van der Waals surface area contributed by atoms with Crippen LogP contribution in [0.4, 0.5) is 0 Å². The normalized spacial score (nSPS) is 10.0. The minimum absolute atomic E-state index is 0.571. The maximum atomic E-state index is 5.94. The van der Waals surface area contributed by atoms with Gasteiger partial charge in [0.2, 0.25) is 0 Å². The molecule has 0 bridgehead atoms. The predicted molar refractivity (Wildman–Crippen MR) is 74.2 cm³/mol. The zero-order valence-electron chi connectivity index (χ0n) is 9.26. The standard InChI is InChI=1S/C11H14Cl2N2S/c1-3-14-11(16)15(2)7-8-4-5-9(12)10(13)6-8/h4-6H,3,7H2,1-2H3,(H,14,16). The molecule has 0 fully saturated rings. The summed E-state index contributed by atoms with van der Waals surface area (Å²) in [4.78, 5) is 1.96. The average molecular weight is 277 g/mol. The smallest absolute Gasteiger partial charge is 0.168 e. The van der Waals surface area contributed by atoms with Crippen molar-refractivity contribution in [1.82, 2.24) is 10.2 Å². The molecule has 0 unspecified atom stereocenters. The van der Waals surface area contributed by atoms with E-state index in [1.165, 1.54) is 0 Å². The van der Waals surface area contributed by atoms with Crippen LogP contribution in [0.2, 0.25) is 10.0 Å². The SMILES string of the molecule is CCNC(=S)N(C)Cc1ccc(Cl)c(Cl)c1. The van der Waals surface area contributed by atoms with E-state index in [1.54, 1.807) is 6.07 Å². The Balaban J connectivity index is 2.66. The molecule has 0 saturated carbocycles. The van der Waals surface area contributed by atoms with Gasteiger partial charge >= 0.3 is 0 Å². The average Bonchev–Trinajstić information content (AvgIpc) is 2.24. The van der Waals surface area contributed by atoms with Crippen molar-refractivity contribution in [3.8, 4) is 0 Å². The summed E-state index contributed by atoms with van der Waals surface area (Å²) in [6.45, 7) is 3.55. The number of benzene rings is 1. The molecule has 0 saturated heterocycles. The highest BCUT2D eigenvalue weighted by Crippen LogP contribution is 2.23. The van der Waals surface area contributed by atoms with Gasteiger partial charge in [-0.15, -0.1) is 0 Å². The van der Waals surface area contributed by atoms with Crippen molar-refractivity contribution in [3.05, 3.63) is 33.8 Å². The molecule has 88 valence electrons. The van der Waals surface area contributed by atoms with Gasteiger partial charge in [-0.3, -0.25) is 0 Å². The van der Waals surface area contributed by atoms with Crippen molar-refractivity contribution in [2.45, 2.75) is 13.5 Å². The number of nitrogens with zero attached hydrogens (tertiary/aromatic N) is 1. The van der Waals surface area contributed by atoms with Crippen molar-refractivity contribution in [1.29, 1.82) is 0 Å². The predicted octanol–water partition coefficient (Wildman–Crippen LogP) is 3.32. The highest BCUT2D eigenvalue weighted by atomic mass is 35.5. The molecule has 0 heterocycles. The number of hydrogen-bond donors (Lipinski definition) is 1. The second-order valence-corrected chi connectivity index (χ2v) is 4.64. The minimum Gasteiger partial charge on any atom is -0.363 e. The topological polar surface area (TPSA) is 15.3 Å². The lowest BCUT2D eigenvalue weighted by atomic mass is 10.2. The first-order valence-corrected chi connectivity index (χ1v) is 6.14. The lowest BCUT2D eigenvalue weighted by molar-refractivity contribution is 0.491. The largest absolute Gasteiger partial charge is 0.363 e. The monoisotopic (exact) mass is 276 g/mol. The number of nitrogens with one attached hydrogen (secondary N) is 1. The molecule has 1 aromatic carbocycles. The van der Waals surface area contributed by atoms with E-state index in [9.17, 15) is 0 Å². The third kappa shape index (κ3) is 3.81. The van der Waals surface area contributed by atoms with Crippen LogP contribution in [-0.4, -0.2) is 23.6 Å². The molecule has 0 aliphatic rings. The van der Waals surface area contributed by atoms with Crippen LogP contribution in [0.15, 0.2) is 18.2 Å². The summed E-state index contributed by atoms with van der Waals surface area (Å²) < 4.78 is 0. The lowest BCUT2D eigenvalue weighted by Crippen LogP contribution is -2.36. The van der Waals surface area contributed by atoms with Gasteiger partial charge in [-0.2, -0.15) is 0 Å². The number of halogens is 2. The molecule has 0 spiro atoms. The van der Waals surface area contributed by atoms with Crippen LogP contribution < -0.4 is 5.32 Å². The first-order valence-electron chi connectivity index (χ1n) is 4.97. The Bertz CT molecular complexity index is 382. The molecule has 0 aromatic heterocycles. The molecule has 1 aromatic rings. The second kappa shape index (κ2) is 6.28. The van der Waals surface area contributed by atoms with Crippen LogP contribution in [0.5, 0.6) is 0 Å². The van der Waals surface area contributed by atoms with Gasteiger partial charge in [0.1, 0.15) is 0 Å². The third-order valence-electron chi connectivity index (χ3n) is 2.08. The Hall–Kier alpha value is -0.510. The van der Waals surface area contributed by atoms with E-state index in [0.717, 1.165) is 17.2 Å². The Labute approximate surface area is 112 Å². The number of thiocarbonyl (C=S) groups is 1. The van der Waals surface area contributed by atoms with E-state index in [-0.39, 0.29) is 0 Å².